The standard InChI is InChI=1S/C22H22N2O3/c1-3-16(2)20-8-4-5-9-21(20)27-22(25)24-17-10-12-18(13-11-17)26-19-7-6-14-23-15-19/h4-16H,3H2,1-2H3,(H,24,25). The number of para-hydroxylation sites is 1. The van der Waals surface area contributed by atoms with Crippen molar-refractivity contribution in [1.82, 2.24) is 4.98 Å². The van der Waals surface area contributed by atoms with Gasteiger partial charge in [-0.05, 0) is 60.4 Å². The number of anilines is 1. The van der Waals surface area contributed by atoms with Gasteiger partial charge in [0.05, 0.1) is 6.20 Å². The van der Waals surface area contributed by atoms with Crippen LogP contribution in [0.5, 0.6) is 17.2 Å². The summed E-state index contributed by atoms with van der Waals surface area (Å²) in [6, 6.07) is 18.3. The molecular formula is C22H22N2O3. The number of benzene rings is 2. The zero-order valence-corrected chi connectivity index (χ0v) is 15.4. The van der Waals surface area contributed by atoms with E-state index < -0.39 is 6.09 Å². The van der Waals surface area contributed by atoms with Crippen LogP contribution in [0, 0.1) is 0 Å². The summed E-state index contributed by atoms with van der Waals surface area (Å²) >= 11 is 0. The number of hydrogen-bond acceptors (Lipinski definition) is 4. The first kappa shape index (κ1) is 18.5. The topological polar surface area (TPSA) is 60.5 Å². The molecule has 0 aliphatic carbocycles. The Bertz CT molecular complexity index is 880. The summed E-state index contributed by atoms with van der Waals surface area (Å²) in [7, 11) is 0. The van der Waals surface area contributed by atoms with E-state index in [1.807, 2.05) is 30.3 Å². The van der Waals surface area contributed by atoms with Crippen molar-refractivity contribution >= 4 is 11.8 Å². The van der Waals surface area contributed by atoms with Crippen molar-refractivity contribution in [2.24, 2.45) is 0 Å². The monoisotopic (exact) mass is 362 g/mol. The molecule has 1 aromatic heterocycles. The fourth-order valence-electron chi connectivity index (χ4n) is 2.59. The number of nitrogens with one attached hydrogen (secondary N) is 1. The van der Waals surface area contributed by atoms with Gasteiger partial charge in [-0.2, -0.15) is 0 Å². The molecule has 0 bridgehead atoms. The quantitative estimate of drug-likeness (QED) is 0.584. The Labute approximate surface area is 159 Å². The molecule has 2 aromatic carbocycles. The number of pyridine rings is 1. The minimum atomic E-state index is -0.522. The average Bonchev–Trinajstić information content (AvgIpc) is 2.70. The molecule has 0 saturated carbocycles. The number of carbonyl (C=O) groups excluding carboxylic acids is 1. The van der Waals surface area contributed by atoms with Crippen LogP contribution in [0.3, 0.4) is 0 Å². The SMILES string of the molecule is CCC(C)c1ccccc1OC(=O)Nc1ccc(Oc2cccnc2)cc1. The Kier molecular flexibility index (Phi) is 6.05. The van der Waals surface area contributed by atoms with Crippen LogP contribution in [0.4, 0.5) is 10.5 Å². The second-order valence-corrected chi connectivity index (χ2v) is 6.18. The first-order valence-electron chi connectivity index (χ1n) is 8.91. The van der Waals surface area contributed by atoms with Crippen LogP contribution in [-0.4, -0.2) is 11.1 Å². The predicted molar refractivity (Wildman–Crippen MR) is 106 cm³/mol. The van der Waals surface area contributed by atoms with Crippen LogP contribution >= 0.6 is 0 Å². The van der Waals surface area contributed by atoms with Crippen LogP contribution in [-0.2, 0) is 0 Å². The first-order valence-corrected chi connectivity index (χ1v) is 8.91. The molecule has 5 nitrogen and oxygen atoms in total. The van der Waals surface area contributed by atoms with Crippen molar-refractivity contribution in [3.63, 3.8) is 0 Å². The summed E-state index contributed by atoms with van der Waals surface area (Å²) in [5.41, 5.74) is 1.65. The molecule has 3 rings (SSSR count). The summed E-state index contributed by atoms with van der Waals surface area (Å²) in [5, 5.41) is 2.74. The molecule has 0 fully saturated rings. The molecule has 1 heterocycles. The molecule has 3 aromatic rings. The Morgan fingerprint density at radius 2 is 1.81 bits per heavy atom. The van der Waals surface area contributed by atoms with Crippen LogP contribution in [0.25, 0.3) is 0 Å². The van der Waals surface area contributed by atoms with E-state index in [1.54, 1.807) is 42.7 Å². The van der Waals surface area contributed by atoms with Gasteiger partial charge in [-0.15, -0.1) is 0 Å². The zero-order chi connectivity index (χ0) is 19.1. The number of nitrogens with zero attached hydrogens (tertiary/aromatic N) is 1. The van der Waals surface area contributed by atoms with E-state index in [0.29, 0.717) is 28.9 Å². The van der Waals surface area contributed by atoms with Crippen molar-refractivity contribution in [1.29, 1.82) is 0 Å². The number of amides is 1. The van der Waals surface area contributed by atoms with Gasteiger partial charge in [0.15, 0.2) is 0 Å². The Hall–Kier alpha value is -3.34. The van der Waals surface area contributed by atoms with Gasteiger partial charge in [0.1, 0.15) is 17.2 Å². The van der Waals surface area contributed by atoms with E-state index in [1.165, 1.54) is 0 Å². The summed E-state index contributed by atoms with van der Waals surface area (Å²) in [6.07, 6.45) is 3.77. The largest absolute Gasteiger partial charge is 0.456 e. The number of aromatic nitrogens is 1. The highest BCUT2D eigenvalue weighted by Crippen LogP contribution is 2.29. The minimum Gasteiger partial charge on any atom is -0.456 e. The van der Waals surface area contributed by atoms with Gasteiger partial charge in [0.25, 0.3) is 0 Å². The lowest BCUT2D eigenvalue weighted by Crippen LogP contribution is -2.17. The summed E-state index contributed by atoms with van der Waals surface area (Å²) in [4.78, 5) is 16.3. The lowest BCUT2D eigenvalue weighted by atomic mass is 9.98. The van der Waals surface area contributed by atoms with Gasteiger partial charge in [0, 0.05) is 11.9 Å². The molecule has 5 heteroatoms. The molecule has 1 amide bonds. The lowest BCUT2D eigenvalue weighted by molar-refractivity contribution is 0.214. The van der Waals surface area contributed by atoms with Gasteiger partial charge in [-0.25, -0.2) is 4.79 Å². The molecule has 1 unspecified atom stereocenters. The third kappa shape index (κ3) is 5.07. The fraction of sp³-hybridized carbons (Fsp3) is 0.182. The van der Waals surface area contributed by atoms with E-state index in [4.69, 9.17) is 9.47 Å². The molecule has 27 heavy (non-hydrogen) atoms. The van der Waals surface area contributed by atoms with Crippen LogP contribution in [0.1, 0.15) is 31.7 Å². The molecule has 138 valence electrons. The molecule has 1 atom stereocenters. The number of rotatable bonds is 6. The van der Waals surface area contributed by atoms with Gasteiger partial charge < -0.3 is 9.47 Å². The molecule has 0 radical (unpaired) electrons. The summed E-state index contributed by atoms with van der Waals surface area (Å²) in [5.74, 6) is 2.21. The highest BCUT2D eigenvalue weighted by molar-refractivity contribution is 5.86. The van der Waals surface area contributed by atoms with Gasteiger partial charge in [-0.1, -0.05) is 32.0 Å². The van der Waals surface area contributed by atoms with Crippen molar-refractivity contribution < 1.29 is 14.3 Å². The van der Waals surface area contributed by atoms with E-state index >= 15 is 0 Å². The molecule has 0 spiro atoms. The number of carbonyl (C=O) groups is 1. The van der Waals surface area contributed by atoms with Crippen molar-refractivity contribution in [2.45, 2.75) is 26.2 Å². The van der Waals surface area contributed by atoms with E-state index in [9.17, 15) is 4.79 Å². The normalized spacial score (nSPS) is 11.5. The van der Waals surface area contributed by atoms with E-state index in [0.717, 1.165) is 12.0 Å². The van der Waals surface area contributed by atoms with Crippen molar-refractivity contribution in [3.8, 4) is 17.2 Å². The second-order valence-electron chi connectivity index (χ2n) is 6.18. The minimum absolute atomic E-state index is 0.318. The van der Waals surface area contributed by atoms with E-state index in [-0.39, 0.29) is 0 Å². The highest BCUT2D eigenvalue weighted by Gasteiger charge is 2.13. The smallest absolute Gasteiger partial charge is 0.417 e. The Morgan fingerprint density at radius 1 is 1.04 bits per heavy atom. The van der Waals surface area contributed by atoms with Crippen LogP contribution < -0.4 is 14.8 Å². The van der Waals surface area contributed by atoms with Gasteiger partial charge >= 0.3 is 6.09 Å². The van der Waals surface area contributed by atoms with Crippen molar-refractivity contribution in [2.75, 3.05) is 5.32 Å². The van der Waals surface area contributed by atoms with E-state index in [2.05, 4.69) is 24.1 Å². The Balaban J connectivity index is 1.62. The van der Waals surface area contributed by atoms with Gasteiger partial charge in [-0.3, -0.25) is 10.3 Å². The van der Waals surface area contributed by atoms with Crippen LogP contribution in [0.15, 0.2) is 73.1 Å². The number of ether oxygens (including phenoxy) is 2. The Morgan fingerprint density at radius 3 is 2.52 bits per heavy atom. The maximum Gasteiger partial charge on any atom is 0.417 e. The maximum atomic E-state index is 12.2. The number of hydrogen-bond donors (Lipinski definition) is 1. The summed E-state index contributed by atoms with van der Waals surface area (Å²) < 4.78 is 11.2. The van der Waals surface area contributed by atoms with Gasteiger partial charge in [0.2, 0.25) is 0 Å². The molecule has 0 aliphatic rings. The maximum absolute atomic E-state index is 12.2. The zero-order valence-electron chi connectivity index (χ0n) is 15.4. The first-order chi connectivity index (χ1) is 13.2. The summed E-state index contributed by atoms with van der Waals surface area (Å²) in [6.45, 7) is 4.22. The van der Waals surface area contributed by atoms with Crippen molar-refractivity contribution in [3.05, 3.63) is 78.6 Å². The fourth-order valence-corrected chi connectivity index (χ4v) is 2.59. The average molecular weight is 362 g/mol. The third-order valence-corrected chi connectivity index (χ3v) is 4.24. The molecule has 1 N–H and O–H groups in total. The lowest BCUT2D eigenvalue weighted by Gasteiger charge is -2.15. The predicted octanol–water partition coefficient (Wildman–Crippen LogP) is 6.00. The molecular weight excluding hydrogens is 340 g/mol. The highest BCUT2D eigenvalue weighted by atomic mass is 16.6. The second kappa shape index (κ2) is 8.85. The van der Waals surface area contributed by atoms with Crippen LogP contribution in [0.2, 0.25) is 0 Å². The third-order valence-electron chi connectivity index (χ3n) is 4.24. The molecule has 0 saturated heterocycles. The molecule has 0 aliphatic heterocycles.